The topological polar surface area (TPSA) is 122 Å². The van der Waals surface area contributed by atoms with E-state index < -0.39 is 23.8 Å². The van der Waals surface area contributed by atoms with E-state index in [1.807, 2.05) is 6.92 Å². The predicted octanol–water partition coefficient (Wildman–Crippen LogP) is 0.941. The second kappa shape index (κ2) is 8.04. The van der Waals surface area contributed by atoms with Gasteiger partial charge in [0.15, 0.2) is 0 Å². The molecule has 1 saturated heterocycles. The molecule has 2 heterocycles. The first-order chi connectivity index (χ1) is 13.7. The number of rotatable bonds is 7. The van der Waals surface area contributed by atoms with Crippen molar-refractivity contribution in [2.24, 2.45) is 11.7 Å². The van der Waals surface area contributed by atoms with Crippen molar-refractivity contribution in [1.29, 1.82) is 0 Å². The van der Waals surface area contributed by atoms with Crippen LogP contribution in [-0.2, 0) is 16.1 Å². The largest absolute Gasteiger partial charge is 0.329 e. The molecule has 4 N–H and O–H groups in total. The van der Waals surface area contributed by atoms with Crippen molar-refractivity contribution in [3.63, 3.8) is 0 Å². The van der Waals surface area contributed by atoms with Crippen molar-refractivity contribution in [2.75, 3.05) is 6.54 Å². The van der Waals surface area contributed by atoms with Gasteiger partial charge in [-0.3, -0.25) is 29.4 Å². The molecule has 0 saturated carbocycles. The molecule has 29 heavy (non-hydrogen) atoms. The SMILES string of the molecule is CC(C)CC(C)(CN)NCc1cccc2c1C(=O)N(C1CCC(=O)NC1=O)C2=O. The van der Waals surface area contributed by atoms with Crippen LogP contribution in [0.1, 0.15) is 66.3 Å². The van der Waals surface area contributed by atoms with E-state index in [0.717, 1.165) is 11.3 Å². The quantitative estimate of drug-likeness (QED) is 0.586. The monoisotopic (exact) mass is 400 g/mol. The van der Waals surface area contributed by atoms with Crippen LogP contribution in [0.2, 0.25) is 0 Å². The van der Waals surface area contributed by atoms with Crippen molar-refractivity contribution < 1.29 is 19.2 Å². The lowest BCUT2D eigenvalue weighted by Crippen LogP contribution is -2.54. The maximum atomic E-state index is 13.1. The molecule has 1 aromatic rings. The summed E-state index contributed by atoms with van der Waals surface area (Å²) in [5.74, 6) is -1.54. The molecular weight excluding hydrogens is 372 g/mol. The summed E-state index contributed by atoms with van der Waals surface area (Å²) in [7, 11) is 0. The number of carbonyl (C=O) groups is 4. The van der Waals surface area contributed by atoms with Crippen LogP contribution in [-0.4, -0.2) is 46.7 Å². The number of fused-ring (bicyclic) bond motifs is 1. The standard InChI is InChI=1S/C21H28N4O4/c1-12(2)9-21(3,11-22)23-10-13-5-4-6-14-17(13)20(29)25(19(14)28)15-7-8-16(26)24-18(15)27/h4-6,12,15,23H,7-11,22H2,1-3H3,(H,24,26,27). The van der Waals surface area contributed by atoms with E-state index in [-0.39, 0.29) is 29.9 Å². The number of hydrogen-bond acceptors (Lipinski definition) is 6. The summed E-state index contributed by atoms with van der Waals surface area (Å²) in [4.78, 5) is 50.6. The van der Waals surface area contributed by atoms with E-state index in [2.05, 4.69) is 24.5 Å². The Kier molecular flexibility index (Phi) is 5.86. The zero-order chi connectivity index (χ0) is 21.3. The van der Waals surface area contributed by atoms with Crippen molar-refractivity contribution in [3.05, 3.63) is 34.9 Å². The predicted molar refractivity (Wildman–Crippen MR) is 107 cm³/mol. The van der Waals surface area contributed by atoms with Gasteiger partial charge in [0, 0.05) is 25.0 Å². The number of piperidine rings is 1. The van der Waals surface area contributed by atoms with Crippen LogP contribution in [0, 0.1) is 5.92 Å². The lowest BCUT2D eigenvalue weighted by molar-refractivity contribution is -0.136. The van der Waals surface area contributed by atoms with Crippen LogP contribution in [0.5, 0.6) is 0 Å². The molecule has 1 fully saturated rings. The Hall–Kier alpha value is -2.58. The maximum Gasteiger partial charge on any atom is 0.262 e. The van der Waals surface area contributed by atoms with Gasteiger partial charge >= 0.3 is 0 Å². The van der Waals surface area contributed by atoms with E-state index in [1.165, 1.54) is 0 Å². The number of amides is 4. The third-order valence-electron chi connectivity index (χ3n) is 5.57. The van der Waals surface area contributed by atoms with Gasteiger partial charge < -0.3 is 11.1 Å². The highest BCUT2D eigenvalue weighted by Crippen LogP contribution is 2.30. The highest BCUT2D eigenvalue weighted by atomic mass is 16.2. The summed E-state index contributed by atoms with van der Waals surface area (Å²) < 4.78 is 0. The van der Waals surface area contributed by atoms with Gasteiger partial charge in [-0.2, -0.15) is 0 Å². The fraction of sp³-hybridized carbons (Fsp3) is 0.524. The summed E-state index contributed by atoms with van der Waals surface area (Å²) in [6.07, 6.45) is 1.11. The maximum absolute atomic E-state index is 13.1. The third-order valence-corrected chi connectivity index (χ3v) is 5.57. The molecular formula is C21H28N4O4. The second-order valence-electron chi connectivity index (χ2n) is 8.50. The Balaban J connectivity index is 1.85. The fourth-order valence-corrected chi connectivity index (χ4v) is 4.17. The van der Waals surface area contributed by atoms with Gasteiger partial charge in [-0.1, -0.05) is 26.0 Å². The van der Waals surface area contributed by atoms with E-state index in [4.69, 9.17) is 5.73 Å². The van der Waals surface area contributed by atoms with E-state index in [9.17, 15) is 19.2 Å². The minimum absolute atomic E-state index is 0.0995. The molecule has 2 aliphatic rings. The van der Waals surface area contributed by atoms with E-state index in [0.29, 0.717) is 30.1 Å². The number of carbonyl (C=O) groups excluding carboxylic acids is 4. The molecule has 8 heteroatoms. The molecule has 1 aromatic carbocycles. The van der Waals surface area contributed by atoms with Crippen molar-refractivity contribution in [2.45, 2.75) is 58.2 Å². The van der Waals surface area contributed by atoms with Gasteiger partial charge in [-0.05, 0) is 37.3 Å². The van der Waals surface area contributed by atoms with Crippen LogP contribution in [0.4, 0.5) is 0 Å². The Morgan fingerprint density at radius 1 is 1.24 bits per heavy atom. The molecule has 0 radical (unpaired) electrons. The van der Waals surface area contributed by atoms with E-state index >= 15 is 0 Å². The summed E-state index contributed by atoms with van der Waals surface area (Å²) in [5.41, 5.74) is 6.97. The zero-order valence-electron chi connectivity index (χ0n) is 17.1. The molecule has 4 amide bonds. The molecule has 0 aliphatic carbocycles. The van der Waals surface area contributed by atoms with Crippen LogP contribution in [0.3, 0.4) is 0 Å². The number of benzene rings is 1. The Morgan fingerprint density at radius 2 is 1.97 bits per heavy atom. The van der Waals surface area contributed by atoms with Gasteiger partial charge in [0.25, 0.3) is 11.8 Å². The van der Waals surface area contributed by atoms with Gasteiger partial charge in [0.05, 0.1) is 11.1 Å². The fourth-order valence-electron chi connectivity index (χ4n) is 4.17. The first-order valence-corrected chi connectivity index (χ1v) is 9.95. The molecule has 2 atom stereocenters. The summed E-state index contributed by atoms with van der Waals surface area (Å²) in [6, 6.07) is 4.17. The van der Waals surface area contributed by atoms with Crippen molar-refractivity contribution >= 4 is 23.6 Å². The average molecular weight is 400 g/mol. The van der Waals surface area contributed by atoms with Gasteiger partial charge in [-0.25, -0.2) is 0 Å². The first-order valence-electron chi connectivity index (χ1n) is 9.95. The molecule has 156 valence electrons. The lowest BCUT2D eigenvalue weighted by Gasteiger charge is -2.31. The Labute approximate surface area is 170 Å². The number of nitrogens with two attached hydrogens (primary N) is 1. The van der Waals surface area contributed by atoms with Crippen LogP contribution in [0.25, 0.3) is 0 Å². The Morgan fingerprint density at radius 3 is 2.59 bits per heavy atom. The minimum Gasteiger partial charge on any atom is -0.329 e. The summed E-state index contributed by atoms with van der Waals surface area (Å²) >= 11 is 0. The van der Waals surface area contributed by atoms with Gasteiger partial charge in [0.2, 0.25) is 11.8 Å². The molecule has 0 aromatic heterocycles. The molecule has 0 bridgehead atoms. The number of hydrogen-bond donors (Lipinski definition) is 3. The van der Waals surface area contributed by atoms with Crippen LogP contribution >= 0.6 is 0 Å². The highest BCUT2D eigenvalue weighted by Gasteiger charge is 2.45. The third kappa shape index (κ3) is 4.09. The van der Waals surface area contributed by atoms with Gasteiger partial charge in [0.1, 0.15) is 6.04 Å². The molecule has 8 nitrogen and oxygen atoms in total. The summed E-state index contributed by atoms with van der Waals surface area (Å²) in [5, 5.41) is 5.65. The number of imide groups is 2. The smallest absolute Gasteiger partial charge is 0.262 e. The zero-order valence-corrected chi connectivity index (χ0v) is 17.1. The minimum atomic E-state index is -0.962. The molecule has 2 unspecified atom stereocenters. The molecule has 3 rings (SSSR count). The molecule has 2 aliphatic heterocycles. The van der Waals surface area contributed by atoms with Crippen molar-refractivity contribution in [3.8, 4) is 0 Å². The van der Waals surface area contributed by atoms with Crippen molar-refractivity contribution in [1.82, 2.24) is 15.5 Å². The highest BCUT2D eigenvalue weighted by molar-refractivity contribution is 6.24. The number of nitrogens with zero attached hydrogens (tertiary/aromatic N) is 1. The lowest BCUT2D eigenvalue weighted by atomic mass is 9.90. The van der Waals surface area contributed by atoms with Gasteiger partial charge in [-0.15, -0.1) is 0 Å². The normalized spacial score (nSPS) is 21.4. The van der Waals surface area contributed by atoms with E-state index in [1.54, 1.807) is 18.2 Å². The molecule has 0 spiro atoms. The van der Waals surface area contributed by atoms with Crippen LogP contribution < -0.4 is 16.4 Å². The first kappa shape index (κ1) is 21.1. The number of nitrogens with one attached hydrogen (secondary N) is 2. The van der Waals surface area contributed by atoms with Crippen LogP contribution in [0.15, 0.2) is 18.2 Å². The summed E-state index contributed by atoms with van der Waals surface area (Å²) in [6.45, 7) is 7.10. The average Bonchev–Trinajstić information content (AvgIpc) is 2.91. The Bertz CT molecular complexity index is 866. The second-order valence-corrected chi connectivity index (χ2v) is 8.50.